The van der Waals surface area contributed by atoms with Crippen molar-refractivity contribution in [1.82, 2.24) is 20.4 Å². The molecule has 0 radical (unpaired) electrons. The number of hydrogen-bond donors (Lipinski definition) is 2. The molecule has 0 aliphatic rings. The summed E-state index contributed by atoms with van der Waals surface area (Å²) in [6.07, 6.45) is 3.81. The molecule has 23 heavy (non-hydrogen) atoms. The topological polar surface area (TPSA) is 54.2 Å². The van der Waals surface area contributed by atoms with Gasteiger partial charge < -0.3 is 10.6 Å². The van der Waals surface area contributed by atoms with Gasteiger partial charge in [0, 0.05) is 49.4 Å². The summed E-state index contributed by atoms with van der Waals surface area (Å²) in [6, 6.07) is 6.24. The Bertz CT molecular complexity index is 587. The van der Waals surface area contributed by atoms with Crippen molar-refractivity contribution in [1.29, 1.82) is 0 Å². The Kier molecular flexibility index (Phi) is 6.21. The van der Waals surface area contributed by atoms with Crippen LogP contribution in [-0.2, 0) is 12.0 Å². The highest BCUT2D eigenvalue weighted by Crippen LogP contribution is 2.26. The number of aliphatic imine (C=N–C) groups is 1. The summed E-state index contributed by atoms with van der Waals surface area (Å²) in [5.41, 5.74) is 0.0897. The zero-order chi connectivity index (χ0) is 16.7. The number of aromatic nitrogens is 2. The van der Waals surface area contributed by atoms with E-state index in [-0.39, 0.29) is 5.41 Å². The van der Waals surface area contributed by atoms with Crippen molar-refractivity contribution in [2.75, 3.05) is 20.1 Å². The van der Waals surface area contributed by atoms with E-state index in [1.165, 1.54) is 4.88 Å². The lowest BCUT2D eigenvalue weighted by Gasteiger charge is -2.25. The quantitative estimate of drug-likeness (QED) is 0.605. The van der Waals surface area contributed by atoms with Crippen molar-refractivity contribution >= 4 is 17.3 Å². The largest absolute Gasteiger partial charge is 0.356 e. The molecule has 0 spiro atoms. The van der Waals surface area contributed by atoms with Gasteiger partial charge in [-0.05, 0) is 23.4 Å². The van der Waals surface area contributed by atoms with Gasteiger partial charge in [-0.25, -0.2) is 0 Å². The minimum Gasteiger partial charge on any atom is -0.356 e. The number of thiophene rings is 1. The van der Waals surface area contributed by atoms with Crippen molar-refractivity contribution in [3.05, 3.63) is 40.8 Å². The molecule has 1 atom stereocenters. The molecule has 0 aliphatic carbocycles. The lowest BCUT2D eigenvalue weighted by molar-refractivity contribution is 0.441. The molecule has 0 aromatic carbocycles. The van der Waals surface area contributed by atoms with Gasteiger partial charge in [0.2, 0.25) is 0 Å². The second kappa shape index (κ2) is 8.15. The van der Waals surface area contributed by atoms with Gasteiger partial charge in [0.1, 0.15) is 0 Å². The third-order valence-corrected chi connectivity index (χ3v) is 5.02. The number of guanidine groups is 1. The maximum absolute atomic E-state index is 4.32. The standard InChI is InChI=1S/C17H27N5S/c1-14(12-22-9-6-8-21-22)11-19-16(18-4)20-13-17(2,3)15-7-5-10-23-15/h5-10,14H,11-13H2,1-4H3,(H2,18,19,20). The van der Waals surface area contributed by atoms with Crippen LogP contribution in [0.2, 0.25) is 0 Å². The first-order chi connectivity index (χ1) is 11.0. The van der Waals surface area contributed by atoms with Gasteiger partial charge in [0.05, 0.1) is 0 Å². The highest BCUT2D eigenvalue weighted by atomic mass is 32.1. The van der Waals surface area contributed by atoms with Gasteiger partial charge in [-0.15, -0.1) is 11.3 Å². The summed E-state index contributed by atoms with van der Waals surface area (Å²) in [5.74, 6) is 1.32. The van der Waals surface area contributed by atoms with E-state index in [1.807, 2.05) is 30.2 Å². The Morgan fingerprint density at radius 2 is 2.22 bits per heavy atom. The molecule has 0 saturated heterocycles. The fourth-order valence-corrected chi connectivity index (χ4v) is 3.19. The zero-order valence-electron chi connectivity index (χ0n) is 14.4. The van der Waals surface area contributed by atoms with E-state index in [4.69, 9.17) is 0 Å². The van der Waals surface area contributed by atoms with Crippen LogP contribution in [0.25, 0.3) is 0 Å². The molecule has 0 saturated carbocycles. The molecule has 2 heterocycles. The van der Waals surface area contributed by atoms with Gasteiger partial charge in [-0.3, -0.25) is 9.67 Å². The van der Waals surface area contributed by atoms with E-state index >= 15 is 0 Å². The Morgan fingerprint density at radius 1 is 1.39 bits per heavy atom. The molecular formula is C17H27N5S. The summed E-state index contributed by atoms with van der Waals surface area (Å²) < 4.78 is 1.96. The van der Waals surface area contributed by atoms with Crippen LogP contribution in [0.4, 0.5) is 0 Å². The minimum atomic E-state index is 0.0897. The Hall–Kier alpha value is -1.82. The van der Waals surface area contributed by atoms with Gasteiger partial charge in [-0.2, -0.15) is 5.10 Å². The third kappa shape index (κ3) is 5.39. The van der Waals surface area contributed by atoms with Gasteiger partial charge in [-0.1, -0.05) is 26.8 Å². The molecule has 2 aromatic heterocycles. The lowest BCUT2D eigenvalue weighted by Crippen LogP contribution is -2.44. The van der Waals surface area contributed by atoms with Crippen LogP contribution in [0.15, 0.2) is 41.0 Å². The SMILES string of the molecule is CN=C(NCC(C)Cn1cccn1)NCC(C)(C)c1cccs1. The predicted molar refractivity (Wildman–Crippen MR) is 98.1 cm³/mol. The first kappa shape index (κ1) is 17.5. The van der Waals surface area contributed by atoms with E-state index in [2.05, 4.69) is 59.0 Å². The predicted octanol–water partition coefficient (Wildman–Crippen LogP) is 2.72. The molecule has 2 aromatic rings. The molecule has 126 valence electrons. The van der Waals surface area contributed by atoms with Crippen molar-refractivity contribution in [3.63, 3.8) is 0 Å². The Balaban J connectivity index is 1.77. The number of nitrogens with zero attached hydrogens (tertiary/aromatic N) is 3. The molecule has 0 aliphatic heterocycles. The van der Waals surface area contributed by atoms with Crippen LogP contribution >= 0.6 is 11.3 Å². The lowest BCUT2D eigenvalue weighted by atomic mass is 9.91. The Morgan fingerprint density at radius 3 is 2.83 bits per heavy atom. The Labute approximate surface area is 142 Å². The normalized spacial score (nSPS) is 13.8. The van der Waals surface area contributed by atoms with Crippen molar-refractivity contribution in [2.24, 2.45) is 10.9 Å². The third-order valence-electron chi connectivity index (χ3n) is 3.79. The zero-order valence-corrected chi connectivity index (χ0v) is 15.2. The molecule has 6 heteroatoms. The first-order valence-electron chi connectivity index (χ1n) is 7.97. The molecule has 0 fully saturated rings. The molecule has 1 unspecified atom stereocenters. The summed E-state index contributed by atoms with van der Waals surface area (Å²) in [5, 5.41) is 13.2. The summed E-state index contributed by atoms with van der Waals surface area (Å²) in [6.45, 7) is 9.31. The molecule has 0 bridgehead atoms. The van der Waals surface area contributed by atoms with Crippen LogP contribution in [0.3, 0.4) is 0 Å². The van der Waals surface area contributed by atoms with Crippen LogP contribution in [0.1, 0.15) is 25.6 Å². The summed E-state index contributed by atoms with van der Waals surface area (Å²) in [7, 11) is 1.81. The highest BCUT2D eigenvalue weighted by molar-refractivity contribution is 7.10. The molecule has 2 rings (SSSR count). The van der Waals surface area contributed by atoms with E-state index < -0.39 is 0 Å². The fraction of sp³-hybridized carbons (Fsp3) is 0.529. The van der Waals surface area contributed by atoms with Crippen molar-refractivity contribution in [3.8, 4) is 0 Å². The minimum absolute atomic E-state index is 0.0897. The van der Waals surface area contributed by atoms with E-state index in [9.17, 15) is 0 Å². The molecule has 2 N–H and O–H groups in total. The number of nitrogens with one attached hydrogen (secondary N) is 2. The maximum atomic E-state index is 4.32. The maximum Gasteiger partial charge on any atom is 0.191 e. The van der Waals surface area contributed by atoms with Gasteiger partial charge >= 0.3 is 0 Å². The first-order valence-corrected chi connectivity index (χ1v) is 8.85. The number of rotatable bonds is 7. The second-order valence-corrected chi connectivity index (χ2v) is 7.45. The van der Waals surface area contributed by atoms with Crippen LogP contribution in [0, 0.1) is 5.92 Å². The van der Waals surface area contributed by atoms with Crippen molar-refractivity contribution in [2.45, 2.75) is 32.7 Å². The highest BCUT2D eigenvalue weighted by Gasteiger charge is 2.21. The molecule has 5 nitrogen and oxygen atoms in total. The van der Waals surface area contributed by atoms with Gasteiger partial charge in [0.25, 0.3) is 0 Å². The average Bonchev–Trinajstić information content (AvgIpc) is 3.21. The second-order valence-electron chi connectivity index (χ2n) is 6.50. The fourth-order valence-electron chi connectivity index (χ4n) is 2.34. The van der Waals surface area contributed by atoms with Gasteiger partial charge in [0.15, 0.2) is 5.96 Å². The average molecular weight is 334 g/mol. The van der Waals surface area contributed by atoms with Crippen LogP contribution < -0.4 is 10.6 Å². The summed E-state index contributed by atoms with van der Waals surface area (Å²) >= 11 is 1.80. The van der Waals surface area contributed by atoms with Crippen molar-refractivity contribution < 1.29 is 0 Å². The van der Waals surface area contributed by atoms with E-state index in [0.29, 0.717) is 5.92 Å². The van der Waals surface area contributed by atoms with E-state index in [1.54, 1.807) is 11.3 Å². The summed E-state index contributed by atoms with van der Waals surface area (Å²) in [4.78, 5) is 5.70. The monoisotopic (exact) mass is 333 g/mol. The number of hydrogen-bond acceptors (Lipinski definition) is 3. The smallest absolute Gasteiger partial charge is 0.191 e. The van der Waals surface area contributed by atoms with E-state index in [0.717, 1.165) is 25.6 Å². The van der Waals surface area contributed by atoms with Crippen LogP contribution in [0.5, 0.6) is 0 Å². The molecule has 0 amide bonds. The molecular weight excluding hydrogens is 306 g/mol. The van der Waals surface area contributed by atoms with Crippen LogP contribution in [-0.4, -0.2) is 35.9 Å².